The second-order valence-electron chi connectivity index (χ2n) is 7.87. The van der Waals surface area contributed by atoms with Gasteiger partial charge in [-0.1, -0.05) is 35.7 Å². The van der Waals surface area contributed by atoms with Gasteiger partial charge in [0, 0.05) is 11.6 Å². The van der Waals surface area contributed by atoms with Gasteiger partial charge >= 0.3 is 0 Å². The molecule has 4 rings (SSSR count). The van der Waals surface area contributed by atoms with Crippen LogP contribution in [0.2, 0.25) is 5.02 Å². The Hall–Kier alpha value is -2.05. The van der Waals surface area contributed by atoms with E-state index in [0.29, 0.717) is 11.5 Å². The normalized spacial score (nSPS) is 23.6. The van der Waals surface area contributed by atoms with Gasteiger partial charge < -0.3 is 5.32 Å². The maximum absolute atomic E-state index is 12.6. The number of rotatable bonds is 5. The molecule has 1 amide bonds. The number of hydrogen-bond donors (Lipinski definition) is 2. The highest BCUT2D eigenvalue weighted by Gasteiger charge is 2.40. The van der Waals surface area contributed by atoms with Gasteiger partial charge in [-0.3, -0.25) is 9.52 Å². The van der Waals surface area contributed by atoms with Crippen molar-refractivity contribution in [3.8, 4) is 0 Å². The van der Waals surface area contributed by atoms with Gasteiger partial charge in [0.05, 0.1) is 15.6 Å². The molecule has 0 aliphatic heterocycles. The fraction of sp³-hybridized carbons (Fsp3) is 0.381. The molecule has 0 radical (unpaired) electrons. The molecule has 2 aromatic carbocycles. The fourth-order valence-electron chi connectivity index (χ4n) is 4.33. The van der Waals surface area contributed by atoms with Crippen molar-refractivity contribution in [3.05, 3.63) is 58.6 Å². The number of halogens is 1. The molecule has 3 atom stereocenters. The van der Waals surface area contributed by atoms with Crippen LogP contribution in [-0.2, 0) is 10.0 Å². The summed E-state index contributed by atoms with van der Waals surface area (Å²) in [6.45, 7) is 1.89. The Morgan fingerprint density at radius 2 is 1.82 bits per heavy atom. The molecule has 2 saturated carbocycles. The molecule has 2 aliphatic carbocycles. The highest BCUT2D eigenvalue weighted by atomic mass is 35.5. The zero-order valence-corrected chi connectivity index (χ0v) is 17.2. The van der Waals surface area contributed by atoms with E-state index in [4.69, 9.17) is 11.6 Å². The second kappa shape index (κ2) is 7.41. The topological polar surface area (TPSA) is 75.3 Å². The number of amides is 1. The molecule has 28 heavy (non-hydrogen) atoms. The van der Waals surface area contributed by atoms with E-state index in [1.165, 1.54) is 31.4 Å². The highest BCUT2D eigenvalue weighted by molar-refractivity contribution is 7.92. The first-order valence-electron chi connectivity index (χ1n) is 9.52. The van der Waals surface area contributed by atoms with E-state index in [-0.39, 0.29) is 27.6 Å². The molecule has 148 valence electrons. The molecule has 0 aromatic heterocycles. The third kappa shape index (κ3) is 3.89. The number of sulfonamides is 1. The van der Waals surface area contributed by atoms with Gasteiger partial charge in [0.2, 0.25) is 0 Å². The Balaban J connectivity index is 1.46. The molecule has 2 fully saturated rings. The Bertz CT molecular complexity index is 1000. The van der Waals surface area contributed by atoms with Crippen molar-refractivity contribution in [1.29, 1.82) is 0 Å². The first-order valence-corrected chi connectivity index (χ1v) is 11.4. The lowest BCUT2D eigenvalue weighted by molar-refractivity contribution is 0.0923. The Morgan fingerprint density at radius 1 is 1.07 bits per heavy atom. The summed E-state index contributed by atoms with van der Waals surface area (Å²) in [5, 5.41) is 3.31. The standard InChI is InChI=1S/C21H23ClN2O3S/c1-13-2-7-17(8-3-13)28(26,27)24-19-9-6-16(12-18(19)22)21(25)23-20-11-14-4-5-15(20)10-14/h2-3,6-9,12,14-15,20,24H,4-5,10-11H2,1H3,(H,23,25)/t14-,15-,20+/m0/s1. The monoisotopic (exact) mass is 418 g/mol. The van der Waals surface area contributed by atoms with Crippen LogP contribution in [0.1, 0.15) is 41.6 Å². The Morgan fingerprint density at radius 3 is 2.43 bits per heavy atom. The summed E-state index contributed by atoms with van der Waals surface area (Å²) in [6.07, 6.45) is 4.73. The van der Waals surface area contributed by atoms with Crippen LogP contribution in [0.15, 0.2) is 47.4 Å². The lowest BCUT2D eigenvalue weighted by Gasteiger charge is -2.23. The zero-order chi connectivity index (χ0) is 19.9. The largest absolute Gasteiger partial charge is 0.349 e. The number of benzene rings is 2. The van der Waals surface area contributed by atoms with Crippen molar-refractivity contribution in [2.45, 2.75) is 43.5 Å². The number of carbonyl (C=O) groups is 1. The minimum Gasteiger partial charge on any atom is -0.349 e. The summed E-state index contributed by atoms with van der Waals surface area (Å²) in [7, 11) is -3.75. The van der Waals surface area contributed by atoms with Crippen molar-refractivity contribution in [3.63, 3.8) is 0 Å². The summed E-state index contributed by atoms with van der Waals surface area (Å²) in [5.41, 5.74) is 1.66. The van der Waals surface area contributed by atoms with Crippen LogP contribution in [0.4, 0.5) is 5.69 Å². The van der Waals surface area contributed by atoms with E-state index < -0.39 is 10.0 Å². The average Bonchev–Trinajstić information content (AvgIpc) is 3.26. The fourth-order valence-corrected chi connectivity index (χ4v) is 5.70. The molecular formula is C21H23ClN2O3S. The highest BCUT2D eigenvalue weighted by Crippen LogP contribution is 2.44. The van der Waals surface area contributed by atoms with Gasteiger partial charge in [-0.2, -0.15) is 0 Å². The summed E-state index contributed by atoms with van der Waals surface area (Å²) < 4.78 is 27.6. The van der Waals surface area contributed by atoms with Gasteiger partial charge in [-0.05, 0) is 68.4 Å². The average molecular weight is 419 g/mol. The number of hydrogen-bond acceptors (Lipinski definition) is 3. The smallest absolute Gasteiger partial charge is 0.261 e. The van der Waals surface area contributed by atoms with Crippen molar-refractivity contribution < 1.29 is 13.2 Å². The second-order valence-corrected chi connectivity index (χ2v) is 9.96. The van der Waals surface area contributed by atoms with Crippen LogP contribution in [0.3, 0.4) is 0 Å². The SMILES string of the molecule is Cc1ccc(S(=O)(=O)Nc2ccc(C(=O)N[C@@H]3C[C@H]4CC[C@H]3C4)cc2Cl)cc1. The van der Waals surface area contributed by atoms with Gasteiger partial charge in [0.1, 0.15) is 0 Å². The molecule has 5 nitrogen and oxygen atoms in total. The lowest BCUT2D eigenvalue weighted by atomic mass is 9.95. The molecular weight excluding hydrogens is 396 g/mol. The first-order chi connectivity index (χ1) is 13.3. The number of aryl methyl sites for hydroxylation is 1. The quantitative estimate of drug-likeness (QED) is 0.757. The van der Waals surface area contributed by atoms with E-state index in [1.807, 2.05) is 6.92 Å². The van der Waals surface area contributed by atoms with Crippen LogP contribution < -0.4 is 10.0 Å². The van der Waals surface area contributed by atoms with Crippen LogP contribution in [0, 0.1) is 18.8 Å². The van der Waals surface area contributed by atoms with Crippen molar-refractivity contribution in [2.24, 2.45) is 11.8 Å². The van der Waals surface area contributed by atoms with E-state index in [0.717, 1.165) is 17.9 Å². The van der Waals surface area contributed by atoms with Crippen LogP contribution >= 0.6 is 11.6 Å². The van der Waals surface area contributed by atoms with Crippen molar-refractivity contribution in [1.82, 2.24) is 5.32 Å². The number of anilines is 1. The number of nitrogens with one attached hydrogen (secondary N) is 2. The van der Waals surface area contributed by atoms with Gasteiger partial charge in [-0.25, -0.2) is 8.42 Å². The third-order valence-corrected chi connectivity index (χ3v) is 7.56. The van der Waals surface area contributed by atoms with Gasteiger partial charge in [0.25, 0.3) is 15.9 Å². The van der Waals surface area contributed by atoms with E-state index in [9.17, 15) is 13.2 Å². The van der Waals surface area contributed by atoms with Crippen LogP contribution in [0.5, 0.6) is 0 Å². The molecule has 7 heteroatoms. The maximum atomic E-state index is 12.6. The molecule has 0 spiro atoms. The van der Waals surface area contributed by atoms with Crippen molar-refractivity contribution in [2.75, 3.05) is 4.72 Å². The van der Waals surface area contributed by atoms with Crippen LogP contribution in [0.25, 0.3) is 0 Å². The first kappa shape index (κ1) is 19.3. The van der Waals surface area contributed by atoms with E-state index in [2.05, 4.69) is 10.0 Å². The Kier molecular flexibility index (Phi) is 5.10. The molecule has 2 N–H and O–H groups in total. The molecule has 0 heterocycles. The summed E-state index contributed by atoms with van der Waals surface area (Å²) in [5.74, 6) is 1.18. The predicted octanol–water partition coefficient (Wildman–Crippen LogP) is 4.37. The van der Waals surface area contributed by atoms with E-state index in [1.54, 1.807) is 30.3 Å². The lowest BCUT2D eigenvalue weighted by Crippen LogP contribution is -2.38. The molecule has 2 aliphatic rings. The molecule has 2 aromatic rings. The van der Waals surface area contributed by atoms with Crippen molar-refractivity contribution >= 4 is 33.2 Å². The summed E-state index contributed by atoms with van der Waals surface area (Å²) in [6, 6.07) is 11.4. The Labute approximate surface area is 170 Å². The summed E-state index contributed by atoms with van der Waals surface area (Å²) >= 11 is 6.26. The van der Waals surface area contributed by atoms with E-state index >= 15 is 0 Å². The van der Waals surface area contributed by atoms with Gasteiger partial charge in [-0.15, -0.1) is 0 Å². The zero-order valence-electron chi connectivity index (χ0n) is 15.6. The number of carbonyl (C=O) groups excluding carboxylic acids is 1. The maximum Gasteiger partial charge on any atom is 0.261 e. The molecule has 2 bridgehead atoms. The third-order valence-electron chi connectivity index (χ3n) is 5.86. The number of fused-ring (bicyclic) bond motifs is 2. The predicted molar refractivity (Wildman–Crippen MR) is 110 cm³/mol. The minimum atomic E-state index is -3.75. The minimum absolute atomic E-state index is 0.160. The molecule has 0 saturated heterocycles. The van der Waals surface area contributed by atoms with Gasteiger partial charge in [0.15, 0.2) is 0 Å². The molecule has 0 unspecified atom stereocenters. The van der Waals surface area contributed by atoms with Crippen LogP contribution in [-0.4, -0.2) is 20.4 Å². The summed E-state index contributed by atoms with van der Waals surface area (Å²) in [4.78, 5) is 12.7.